The van der Waals surface area contributed by atoms with Crippen LogP contribution in [0.5, 0.6) is 0 Å². The predicted molar refractivity (Wildman–Crippen MR) is 158 cm³/mol. The number of rotatable bonds is 12. The Hall–Kier alpha value is -1.92. The molecule has 2 bridgehead atoms. The summed E-state index contributed by atoms with van der Waals surface area (Å²) in [6.45, 7) is 6.81. The lowest BCUT2D eigenvalue weighted by atomic mass is 9.96. The minimum absolute atomic E-state index is 0.0552. The number of benzene rings is 1. The standard InChI is InChI=1S/C28H42N4O5S2/c1-5-38-13-12-30(39(4,36)37)17-24(33)18-31-22-10-11-23(31)16-21(15-22)29-27(34)25-14-20-8-6-7-9-26(20)32(19(2)3)28(25)35/h6-9,14,19,21-24,33H,5,10-13,15-18H2,1-4H3,(H,29,34)/t22-,23-,24?/m1/s1. The van der Waals surface area contributed by atoms with Gasteiger partial charge in [-0.25, -0.2) is 8.42 Å². The molecule has 2 aromatic rings. The van der Waals surface area contributed by atoms with Gasteiger partial charge in [-0.3, -0.25) is 14.5 Å². The second-order valence-electron chi connectivity index (χ2n) is 11.1. The molecule has 0 saturated carbocycles. The minimum atomic E-state index is -3.40. The number of hydrogen-bond donors (Lipinski definition) is 2. The molecule has 216 valence electrons. The number of carbonyl (C=O) groups excluding carboxylic acids is 1. The average Bonchev–Trinajstić information content (AvgIpc) is 3.09. The van der Waals surface area contributed by atoms with Crippen molar-refractivity contribution in [2.75, 3.05) is 37.4 Å². The fourth-order valence-corrected chi connectivity index (χ4v) is 7.77. The maximum absolute atomic E-state index is 13.3. The van der Waals surface area contributed by atoms with Crippen LogP contribution in [0.3, 0.4) is 0 Å². The van der Waals surface area contributed by atoms with Crippen molar-refractivity contribution >= 4 is 38.6 Å². The third-order valence-corrected chi connectivity index (χ3v) is 10.1. The molecule has 4 rings (SSSR count). The molecule has 2 aliphatic rings. The Morgan fingerprint density at radius 3 is 2.49 bits per heavy atom. The van der Waals surface area contributed by atoms with E-state index in [2.05, 4.69) is 10.2 Å². The number of nitrogens with zero attached hydrogens (tertiary/aromatic N) is 3. The van der Waals surface area contributed by atoms with E-state index in [0.29, 0.717) is 18.8 Å². The zero-order chi connectivity index (χ0) is 28.3. The van der Waals surface area contributed by atoms with Gasteiger partial charge in [0.05, 0.1) is 17.9 Å². The van der Waals surface area contributed by atoms with Crippen LogP contribution < -0.4 is 10.9 Å². The molecule has 0 radical (unpaired) electrons. The van der Waals surface area contributed by atoms with Crippen LogP contribution >= 0.6 is 11.8 Å². The molecule has 3 atom stereocenters. The summed E-state index contributed by atoms with van der Waals surface area (Å²) in [5, 5.41) is 14.8. The van der Waals surface area contributed by atoms with Crippen molar-refractivity contribution in [3.05, 3.63) is 46.2 Å². The van der Waals surface area contributed by atoms with Gasteiger partial charge in [-0.1, -0.05) is 25.1 Å². The summed E-state index contributed by atoms with van der Waals surface area (Å²) < 4.78 is 27.5. The highest BCUT2D eigenvalue weighted by atomic mass is 32.2. The first-order valence-electron chi connectivity index (χ1n) is 13.9. The summed E-state index contributed by atoms with van der Waals surface area (Å²) in [5.74, 6) is 1.28. The number of hydrogen-bond acceptors (Lipinski definition) is 7. The molecule has 1 aromatic heterocycles. The molecule has 2 aliphatic heterocycles. The number of thioether (sulfide) groups is 1. The molecule has 0 spiro atoms. The Kier molecular flexibility index (Phi) is 9.80. The van der Waals surface area contributed by atoms with Crippen LogP contribution in [0.4, 0.5) is 0 Å². The zero-order valence-electron chi connectivity index (χ0n) is 23.4. The van der Waals surface area contributed by atoms with Crippen molar-refractivity contribution in [2.24, 2.45) is 0 Å². The van der Waals surface area contributed by atoms with Crippen LogP contribution in [-0.2, 0) is 10.0 Å². The highest BCUT2D eigenvalue weighted by Gasteiger charge is 2.42. The Labute approximate surface area is 236 Å². The molecule has 39 heavy (non-hydrogen) atoms. The number of aliphatic hydroxyl groups is 1. The molecule has 0 aliphatic carbocycles. The first kappa shape index (κ1) is 30.0. The molecule has 1 amide bonds. The monoisotopic (exact) mass is 578 g/mol. The van der Waals surface area contributed by atoms with Crippen LogP contribution in [0.1, 0.15) is 62.9 Å². The van der Waals surface area contributed by atoms with Crippen LogP contribution in [0, 0.1) is 0 Å². The maximum Gasteiger partial charge on any atom is 0.264 e. The number of sulfonamides is 1. The fourth-order valence-electron chi connectivity index (χ4n) is 6.15. The largest absolute Gasteiger partial charge is 0.390 e. The Morgan fingerprint density at radius 2 is 1.87 bits per heavy atom. The topological polar surface area (TPSA) is 112 Å². The van der Waals surface area contributed by atoms with E-state index in [1.54, 1.807) is 22.4 Å². The summed E-state index contributed by atoms with van der Waals surface area (Å²) in [7, 11) is -3.40. The summed E-state index contributed by atoms with van der Waals surface area (Å²) in [6.07, 6.45) is 3.84. The fraction of sp³-hybridized carbons (Fsp3) is 0.643. The number of piperidine rings is 1. The first-order valence-corrected chi connectivity index (χ1v) is 16.9. The number of aromatic nitrogens is 1. The lowest BCUT2D eigenvalue weighted by Crippen LogP contribution is -2.53. The number of pyridine rings is 1. The number of aliphatic hydroxyl groups excluding tert-OH is 1. The van der Waals surface area contributed by atoms with E-state index in [-0.39, 0.29) is 47.7 Å². The van der Waals surface area contributed by atoms with Gasteiger partial charge in [-0.15, -0.1) is 0 Å². The van der Waals surface area contributed by atoms with Crippen LogP contribution in [-0.4, -0.2) is 94.8 Å². The van der Waals surface area contributed by atoms with Crippen molar-refractivity contribution in [1.29, 1.82) is 0 Å². The van der Waals surface area contributed by atoms with Gasteiger partial charge in [0, 0.05) is 49.6 Å². The van der Waals surface area contributed by atoms with Gasteiger partial charge in [-0.05, 0) is 62.8 Å². The van der Waals surface area contributed by atoms with Crippen LogP contribution in [0.15, 0.2) is 35.1 Å². The zero-order valence-corrected chi connectivity index (χ0v) is 25.0. The van der Waals surface area contributed by atoms with E-state index in [9.17, 15) is 23.1 Å². The summed E-state index contributed by atoms with van der Waals surface area (Å²) in [5.41, 5.74) is 0.699. The molecule has 2 saturated heterocycles. The van der Waals surface area contributed by atoms with E-state index in [1.165, 1.54) is 10.6 Å². The minimum Gasteiger partial charge on any atom is -0.390 e. The van der Waals surface area contributed by atoms with E-state index in [4.69, 9.17) is 0 Å². The van der Waals surface area contributed by atoms with E-state index >= 15 is 0 Å². The van der Waals surface area contributed by atoms with Gasteiger partial charge >= 0.3 is 0 Å². The number of amides is 1. The maximum atomic E-state index is 13.3. The highest BCUT2D eigenvalue weighted by molar-refractivity contribution is 7.99. The Morgan fingerprint density at radius 1 is 1.21 bits per heavy atom. The van der Waals surface area contributed by atoms with Gasteiger partial charge in [0.1, 0.15) is 5.56 Å². The summed E-state index contributed by atoms with van der Waals surface area (Å²) in [6, 6.07) is 9.58. The molecule has 2 fully saturated rings. The molecular weight excluding hydrogens is 536 g/mol. The van der Waals surface area contributed by atoms with E-state index < -0.39 is 16.1 Å². The molecular formula is C28H42N4O5S2. The SMILES string of the molecule is CCSCCN(CC(O)CN1[C@@H]2CC[C@@H]1CC(NC(=O)c1cc3ccccc3n(C(C)C)c1=O)C2)S(C)(=O)=O. The van der Waals surface area contributed by atoms with Crippen molar-refractivity contribution in [1.82, 2.24) is 19.1 Å². The van der Waals surface area contributed by atoms with Gasteiger partial charge < -0.3 is 15.0 Å². The van der Waals surface area contributed by atoms with Gasteiger partial charge in [-0.2, -0.15) is 16.1 Å². The van der Waals surface area contributed by atoms with Crippen molar-refractivity contribution in [2.45, 2.75) is 76.7 Å². The Bertz CT molecular complexity index is 1310. The number of nitrogens with one attached hydrogen (secondary N) is 1. The van der Waals surface area contributed by atoms with E-state index in [1.807, 2.05) is 45.0 Å². The first-order chi connectivity index (χ1) is 18.5. The van der Waals surface area contributed by atoms with Gasteiger partial charge in [0.15, 0.2) is 0 Å². The average molecular weight is 579 g/mol. The molecule has 3 heterocycles. The van der Waals surface area contributed by atoms with Crippen LogP contribution in [0.25, 0.3) is 10.9 Å². The lowest BCUT2D eigenvalue weighted by Gasteiger charge is -2.40. The van der Waals surface area contributed by atoms with Crippen molar-refractivity contribution < 1.29 is 18.3 Å². The Balaban J connectivity index is 1.40. The number of para-hydroxylation sites is 1. The second-order valence-corrected chi connectivity index (χ2v) is 14.5. The molecule has 1 unspecified atom stereocenters. The normalized spacial score (nSPS) is 22.6. The molecule has 11 heteroatoms. The van der Waals surface area contributed by atoms with E-state index in [0.717, 1.165) is 42.3 Å². The molecule has 9 nitrogen and oxygen atoms in total. The second kappa shape index (κ2) is 12.7. The highest BCUT2D eigenvalue weighted by Crippen LogP contribution is 2.36. The quantitative estimate of drug-likeness (QED) is 0.373. The van der Waals surface area contributed by atoms with Gasteiger partial charge in [0.25, 0.3) is 11.5 Å². The molecule has 2 N–H and O–H groups in total. The smallest absolute Gasteiger partial charge is 0.264 e. The predicted octanol–water partition coefficient (Wildman–Crippen LogP) is 2.68. The summed E-state index contributed by atoms with van der Waals surface area (Å²) >= 11 is 1.68. The lowest BCUT2D eigenvalue weighted by molar-refractivity contribution is 0.0435. The third-order valence-electron chi connectivity index (χ3n) is 7.92. The van der Waals surface area contributed by atoms with Gasteiger partial charge in [0.2, 0.25) is 10.0 Å². The third kappa shape index (κ3) is 7.05. The van der Waals surface area contributed by atoms with Crippen molar-refractivity contribution in [3.8, 4) is 0 Å². The molecule has 1 aromatic carbocycles. The number of fused-ring (bicyclic) bond motifs is 3. The van der Waals surface area contributed by atoms with Crippen LogP contribution in [0.2, 0.25) is 0 Å². The number of carbonyl (C=O) groups is 1. The van der Waals surface area contributed by atoms with Crippen molar-refractivity contribution in [3.63, 3.8) is 0 Å². The summed E-state index contributed by atoms with van der Waals surface area (Å²) in [4.78, 5) is 28.9.